The Bertz CT molecular complexity index is 1630. The van der Waals surface area contributed by atoms with Gasteiger partial charge in [-0.1, -0.05) is 245 Å². The van der Waals surface area contributed by atoms with E-state index in [2.05, 4.69) is 61.6 Å². The van der Waals surface area contributed by atoms with Crippen LogP contribution in [0.3, 0.4) is 0 Å². The maximum Gasteiger partial charge on any atom is 0.338 e. The Kier molecular flexibility index (Phi) is 24.6. The summed E-state index contributed by atoms with van der Waals surface area (Å²) >= 11 is 0. The van der Waals surface area contributed by atoms with E-state index in [-0.39, 0.29) is 12.5 Å². The van der Waals surface area contributed by atoms with Gasteiger partial charge in [-0.15, -0.1) is 0 Å². The summed E-state index contributed by atoms with van der Waals surface area (Å²) in [5.74, 6) is -0.482. The van der Waals surface area contributed by atoms with Crippen LogP contribution in [-0.4, -0.2) is 30.6 Å². The fraction of sp³-hybridized carbons (Fsp3) is 0.500. The van der Waals surface area contributed by atoms with Gasteiger partial charge in [-0.05, 0) is 54.2 Å². The van der Waals surface area contributed by atoms with Gasteiger partial charge in [0.05, 0.1) is 18.2 Å². The molecule has 1 N–H and O–H groups in total. The highest BCUT2D eigenvalue weighted by molar-refractivity contribution is 5.89. The van der Waals surface area contributed by atoms with Gasteiger partial charge in [0.25, 0.3) is 0 Å². The summed E-state index contributed by atoms with van der Waals surface area (Å²) in [4.78, 5) is 27.7. The molecule has 0 spiro atoms. The SMILES string of the molecule is CCCCCCCCCCCCC/C=C/[C@@H](OC(=O)c1ccccc1)[C@H](COC(c1ccccc1)(c1ccccc1)c1ccccc1)NC(=O)CCCCCCCCCCC. The lowest BCUT2D eigenvalue weighted by Gasteiger charge is -2.38. The minimum absolute atomic E-state index is 0.0548. The lowest BCUT2D eigenvalue weighted by atomic mass is 9.80. The Morgan fingerprint density at radius 3 is 1.36 bits per heavy atom. The topological polar surface area (TPSA) is 64.6 Å². The number of rotatable bonds is 33. The second-order valence-electron chi connectivity index (χ2n) is 16.8. The predicted octanol–water partition coefficient (Wildman–Crippen LogP) is 14.9. The van der Waals surface area contributed by atoms with Crippen molar-refractivity contribution in [3.8, 4) is 0 Å². The van der Waals surface area contributed by atoms with Crippen LogP contribution in [-0.2, 0) is 19.9 Å². The number of nitrogens with one attached hydrogen (secondary N) is 1. The van der Waals surface area contributed by atoms with Crippen LogP contribution in [0.25, 0.3) is 0 Å². The molecule has 4 rings (SSSR count). The molecule has 4 aromatic rings. The van der Waals surface area contributed by atoms with Gasteiger partial charge in [-0.2, -0.15) is 0 Å². The molecular formula is C56H77NO4. The van der Waals surface area contributed by atoms with Gasteiger partial charge in [-0.25, -0.2) is 4.79 Å². The van der Waals surface area contributed by atoms with Gasteiger partial charge in [0.1, 0.15) is 11.7 Å². The molecule has 0 aliphatic rings. The molecule has 61 heavy (non-hydrogen) atoms. The highest BCUT2D eigenvalue weighted by Gasteiger charge is 2.39. The zero-order chi connectivity index (χ0) is 43.1. The summed E-state index contributed by atoms with van der Waals surface area (Å²) in [5.41, 5.74) is 2.38. The quantitative estimate of drug-likeness (QED) is 0.0225. The molecule has 0 radical (unpaired) electrons. The minimum Gasteiger partial charge on any atom is -0.452 e. The number of esters is 1. The average Bonchev–Trinajstić information content (AvgIpc) is 3.30. The summed E-state index contributed by atoms with van der Waals surface area (Å²) in [7, 11) is 0. The Hall–Kier alpha value is -4.48. The largest absolute Gasteiger partial charge is 0.452 e. The molecule has 0 aliphatic carbocycles. The first kappa shape index (κ1) is 49.2. The lowest BCUT2D eigenvalue weighted by Crippen LogP contribution is -2.49. The monoisotopic (exact) mass is 828 g/mol. The van der Waals surface area contributed by atoms with E-state index in [0.717, 1.165) is 48.8 Å². The molecule has 4 aromatic carbocycles. The molecular weight excluding hydrogens is 751 g/mol. The summed E-state index contributed by atoms with van der Waals surface area (Å²) in [6, 6.07) is 39.3. The van der Waals surface area contributed by atoms with Crippen molar-refractivity contribution in [1.82, 2.24) is 5.32 Å². The zero-order valence-electron chi connectivity index (χ0n) is 37.8. The van der Waals surface area contributed by atoms with Crippen LogP contribution in [0, 0.1) is 0 Å². The first-order valence-corrected chi connectivity index (χ1v) is 24.1. The first-order valence-electron chi connectivity index (χ1n) is 24.1. The van der Waals surface area contributed by atoms with Crippen LogP contribution < -0.4 is 5.32 Å². The molecule has 330 valence electrons. The van der Waals surface area contributed by atoms with Crippen LogP contribution in [0.1, 0.15) is 182 Å². The van der Waals surface area contributed by atoms with Gasteiger partial charge >= 0.3 is 5.97 Å². The summed E-state index contributed by atoms with van der Waals surface area (Å²) in [6.45, 7) is 4.62. The summed E-state index contributed by atoms with van der Waals surface area (Å²) < 4.78 is 13.7. The van der Waals surface area contributed by atoms with Crippen LogP contribution in [0.4, 0.5) is 0 Å². The lowest BCUT2D eigenvalue weighted by molar-refractivity contribution is -0.124. The smallest absolute Gasteiger partial charge is 0.338 e. The van der Waals surface area contributed by atoms with Crippen LogP contribution in [0.5, 0.6) is 0 Å². The zero-order valence-corrected chi connectivity index (χ0v) is 37.8. The van der Waals surface area contributed by atoms with Gasteiger partial charge in [0.2, 0.25) is 5.91 Å². The number of amides is 1. The van der Waals surface area contributed by atoms with E-state index in [1.165, 1.54) is 103 Å². The molecule has 1 amide bonds. The van der Waals surface area contributed by atoms with Gasteiger partial charge in [0, 0.05) is 6.42 Å². The Morgan fingerprint density at radius 2 is 0.918 bits per heavy atom. The van der Waals surface area contributed by atoms with Crippen molar-refractivity contribution in [2.45, 2.75) is 173 Å². The normalized spacial score (nSPS) is 12.6. The molecule has 0 saturated carbocycles. The van der Waals surface area contributed by atoms with Crippen LogP contribution in [0.2, 0.25) is 0 Å². The first-order chi connectivity index (χ1) is 30.1. The number of carbonyl (C=O) groups excluding carboxylic acids is 2. The van der Waals surface area contributed by atoms with Crippen molar-refractivity contribution in [1.29, 1.82) is 0 Å². The number of hydrogen-bond donors (Lipinski definition) is 1. The molecule has 0 bridgehead atoms. The van der Waals surface area contributed by atoms with E-state index >= 15 is 0 Å². The summed E-state index contributed by atoms with van der Waals surface area (Å²) in [6.07, 6.45) is 29.4. The molecule has 5 heteroatoms. The van der Waals surface area contributed by atoms with E-state index in [4.69, 9.17) is 9.47 Å². The van der Waals surface area contributed by atoms with E-state index in [1.807, 2.05) is 78.9 Å². The number of benzene rings is 4. The molecule has 0 fully saturated rings. The average molecular weight is 828 g/mol. The standard InChI is InChI=1S/C56H77NO4/c1-3-5-7-9-11-13-14-15-16-18-19-21-35-45-53(61-55(59)48-37-27-23-28-38-48)52(57-54(58)46-36-22-20-17-12-10-8-6-4-2)47-60-56(49-39-29-24-30-40-49,50-41-31-25-32-42-50)51-43-33-26-34-44-51/h23-35,37-45,52-53H,3-22,36,46-47H2,1-2H3,(H,57,58)/b45-35+/t52-,53+/m0/s1. The van der Waals surface area contributed by atoms with Crippen molar-refractivity contribution in [2.75, 3.05) is 6.61 Å². The molecule has 0 unspecified atom stereocenters. The van der Waals surface area contributed by atoms with Crippen LogP contribution in [0.15, 0.2) is 133 Å². The second-order valence-corrected chi connectivity index (χ2v) is 16.8. The van der Waals surface area contributed by atoms with E-state index in [1.54, 1.807) is 12.1 Å². The van der Waals surface area contributed by atoms with E-state index in [0.29, 0.717) is 12.0 Å². The van der Waals surface area contributed by atoms with Crippen molar-refractivity contribution >= 4 is 11.9 Å². The van der Waals surface area contributed by atoms with E-state index < -0.39 is 23.7 Å². The van der Waals surface area contributed by atoms with Gasteiger partial charge in [-0.3, -0.25) is 4.79 Å². The molecule has 0 aromatic heterocycles. The third kappa shape index (κ3) is 18.2. The maximum atomic E-state index is 13.9. The third-order valence-electron chi connectivity index (χ3n) is 11.8. The van der Waals surface area contributed by atoms with Gasteiger partial charge < -0.3 is 14.8 Å². The molecule has 0 saturated heterocycles. The van der Waals surface area contributed by atoms with E-state index in [9.17, 15) is 9.59 Å². The number of ether oxygens (including phenoxy) is 2. The molecule has 5 nitrogen and oxygen atoms in total. The second kappa shape index (κ2) is 30.5. The third-order valence-corrected chi connectivity index (χ3v) is 11.8. The van der Waals surface area contributed by atoms with Crippen molar-refractivity contribution < 1.29 is 19.1 Å². The fourth-order valence-electron chi connectivity index (χ4n) is 8.26. The highest BCUT2D eigenvalue weighted by atomic mass is 16.5. The van der Waals surface area contributed by atoms with Crippen LogP contribution >= 0.6 is 0 Å². The maximum absolute atomic E-state index is 13.9. The molecule has 0 heterocycles. The van der Waals surface area contributed by atoms with Crippen molar-refractivity contribution in [3.63, 3.8) is 0 Å². The molecule has 2 atom stereocenters. The van der Waals surface area contributed by atoms with Crippen molar-refractivity contribution in [2.24, 2.45) is 0 Å². The number of hydrogen-bond acceptors (Lipinski definition) is 4. The number of carbonyl (C=O) groups is 2. The summed E-state index contributed by atoms with van der Waals surface area (Å²) in [5, 5.41) is 3.33. The number of unbranched alkanes of at least 4 members (excludes halogenated alkanes) is 19. The Balaban J connectivity index is 1.55. The Morgan fingerprint density at radius 1 is 0.525 bits per heavy atom. The minimum atomic E-state index is -1.00. The Labute approximate surface area is 370 Å². The molecule has 0 aliphatic heterocycles. The predicted molar refractivity (Wildman–Crippen MR) is 255 cm³/mol. The number of allylic oxidation sites excluding steroid dienone is 1. The fourth-order valence-corrected chi connectivity index (χ4v) is 8.26. The van der Waals surface area contributed by atoms with Crippen molar-refractivity contribution in [3.05, 3.63) is 156 Å². The van der Waals surface area contributed by atoms with Gasteiger partial charge in [0.15, 0.2) is 0 Å². The highest BCUT2D eigenvalue weighted by Crippen LogP contribution is 2.40.